The molecule has 0 atom stereocenters. The highest BCUT2D eigenvalue weighted by molar-refractivity contribution is 9.10. The molecule has 0 saturated heterocycles. The smallest absolute Gasteiger partial charge is 0.238 e. The Hall–Kier alpha value is -1.48. The lowest BCUT2D eigenvalue weighted by Gasteiger charge is -2.08. The summed E-state index contributed by atoms with van der Waals surface area (Å²) in [5.41, 5.74) is -0.340. The number of nitrogens with one attached hydrogen (secondary N) is 1. The van der Waals surface area contributed by atoms with Crippen LogP contribution in [0.1, 0.15) is 12.0 Å². The average molecular weight is 289 g/mol. The van der Waals surface area contributed by atoms with Crippen molar-refractivity contribution in [2.24, 2.45) is 0 Å². The molecule has 0 radical (unpaired) electrons. The van der Waals surface area contributed by atoms with Crippen molar-refractivity contribution in [3.8, 4) is 6.07 Å². The fraction of sp³-hybridized carbons (Fsp3) is 0.200. The first kappa shape index (κ1) is 12.6. The monoisotopic (exact) mass is 288 g/mol. The molecule has 1 aromatic carbocycles. The van der Waals surface area contributed by atoms with Crippen molar-refractivity contribution in [2.45, 2.75) is 13.3 Å². The summed E-state index contributed by atoms with van der Waals surface area (Å²) < 4.78 is 26.7. The van der Waals surface area contributed by atoms with Gasteiger partial charge in [-0.05, 0) is 28.9 Å². The maximum atomic E-state index is 13.5. The number of anilines is 1. The lowest BCUT2D eigenvalue weighted by atomic mass is 10.2. The van der Waals surface area contributed by atoms with Crippen LogP contribution in [-0.2, 0) is 4.79 Å². The summed E-state index contributed by atoms with van der Waals surface area (Å²) in [7, 11) is 0. The van der Waals surface area contributed by atoms with E-state index in [9.17, 15) is 13.6 Å². The first-order chi connectivity index (χ1) is 7.47. The van der Waals surface area contributed by atoms with Gasteiger partial charge in [0.1, 0.15) is 12.2 Å². The van der Waals surface area contributed by atoms with Crippen molar-refractivity contribution >= 4 is 27.5 Å². The lowest BCUT2D eigenvalue weighted by Crippen LogP contribution is -2.12. The maximum absolute atomic E-state index is 13.5. The molecule has 0 saturated carbocycles. The van der Waals surface area contributed by atoms with Crippen LogP contribution < -0.4 is 5.32 Å². The van der Waals surface area contributed by atoms with Gasteiger partial charge in [0.05, 0.1) is 16.2 Å². The van der Waals surface area contributed by atoms with Gasteiger partial charge in [0.2, 0.25) is 5.91 Å². The van der Waals surface area contributed by atoms with Gasteiger partial charge in [-0.2, -0.15) is 5.26 Å². The van der Waals surface area contributed by atoms with Gasteiger partial charge in [-0.25, -0.2) is 8.78 Å². The van der Waals surface area contributed by atoms with Crippen LogP contribution in [0.3, 0.4) is 0 Å². The second kappa shape index (κ2) is 5.03. The van der Waals surface area contributed by atoms with E-state index >= 15 is 0 Å². The molecule has 1 aromatic rings. The van der Waals surface area contributed by atoms with E-state index < -0.39 is 17.5 Å². The molecule has 0 heterocycles. The zero-order valence-corrected chi connectivity index (χ0v) is 9.86. The number of hydrogen-bond acceptors (Lipinski definition) is 2. The third kappa shape index (κ3) is 2.55. The third-order valence-corrected chi connectivity index (χ3v) is 2.47. The van der Waals surface area contributed by atoms with E-state index in [0.717, 1.165) is 6.07 Å². The molecule has 0 bridgehead atoms. The molecule has 1 N–H and O–H groups in total. The SMILES string of the molecule is Cc1c(F)c(Br)cc(NC(=O)CC#N)c1F. The molecule has 0 aliphatic heterocycles. The second-order valence-electron chi connectivity index (χ2n) is 3.04. The zero-order chi connectivity index (χ0) is 12.3. The number of halogens is 3. The van der Waals surface area contributed by atoms with Crippen molar-refractivity contribution < 1.29 is 13.6 Å². The molecule has 1 rings (SSSR count). The number of hydrogen-bond donors (Lipinski definition) is 1. The lowest BCUT2D eigenvalue weighted by molar-refractivity contribution is -0.115. The molecule has 3 nitrogen and oxygen atoms in total. The van der Waals surface area contributed by atoms with Gasteiger partial charge in [-0.1, -0.05) is 0 Å². The Balaban J connectivity index is 3.07. The van der Waals surface area contributed by atoms with Crippen molar-refractivity contribution in [2.75, 3.05) is 5.32 Å². The van der Waals surface area contributed by atoms with E-state index in [-0.39, 0.29) is 22.1 Å². The van der Waals surface area contributed by atoms with Crippen molar-refractivity contribution in [1.29, 1.82) is 5.26 Å². The summed E-state index contributed by atoms with van der Waals surface area (Å²) >= 11 is 2.90. The van der Waals surface area contributed by atoms with E-state index in [4.69, 9.17) is 5.26 Å². The predicted molar refractivity (Wildman–Crippen MR) is 57.7 cm³/mol. The largest absolute Gasteiger partial charge is 0.323 e. The number of nitriles is 1. The summed E-state index contributed by atoms with van der Waals surface area (Å²) in [4.78, 5) is 11.1. The van der Waals surface area contributed by atoms with Gasteiger partial charge in [-0.15, -0.1) is 0 Å². The summed E-state index contributed by atoms with van der Waals surface area (Å²) in [6.45, 7) is 1.26. The highest BCUT2D eigenvalue weighted by Crippen LogP contribution is 2.27. The number of nitrogens with zero attached hydrogens (tertiary/aromatic N) is 1. The standard InChI is InChI=1S/C10H7BrF2N2O/c1-5-9(12)6(11)4-7(10(5)13)15-8(16)2-3-14/h4H,2H2,1H3,(H,15,16). The fourth-order valence-electron chi connectivity index (χ4n) is 1.09. The number of benzene rings is 1. The summed E-state index contributed by atoms with van der Waals surface area (Å²) in [5, 5.41) is 10.5. The summed E-state index contributed by atoms with van der Waals surface area (Å²) in [6.07, 6.45) is -0.381. The Kier molecular flexibility index (Phi) is 3.96. The van der Waals surface area contributed by atoms with Crippen molar-refractivity contribution in [3.63, 3.8) is 0 Å². The Morgan fingerprint density at radius 3 is 2.75 bits per heavy atom. The molecular weight excluding hydrogens is 282 g/mol. The quantitative estimate of drug-likeness (QED) is 0.851. The average Bonchev–Trinajstić information content (AvgIpc) is 2.23. The van der Waals surface area contributed by atoms with Gasteiger partial charge in [0, 0.05) is 5.56 Å². The number of carbonyl (C=O) groups is 1. The summed E-state index contributed by atoms with van der Waals surface area (Å²) in [6, 6.07) is 2.75. The Labute approximate surface area is 99.2 Å². The molecule has 0 aromatic heterocycles. The van der Waals surface area contributed by atoms with Crippen LogP contribution in [0.25, 0.3) is 0 Å². The highest BCUT2D eigenvalue weighted by Gasteiger charge is 2.15. The van der Waals surface area contributed by atoms with E-state index in [0.29, 0.717) is 0 Å². The van der Waals surface area contributed by atoms with Crippen LogP contribution in [0.4, 0.5) is 14.5 Å². The Morgan fingerprint density at radius 1 is 1.56 bits per heavy atom. The molecule has 1 amide bonds. The molecule has 0 fully saturated rings. The molecule has 6 heteroatoms. The van der Waals surface area contributed by atoms with Crippen molar-refractivity contribution in [3.05, 3.63) is 27.7 Å². The van der Waals surface area contributed by atoms with Gasteiger partial charge < -0.3 is 5.32 Å². The Morgan fingerprint density at radius 2 is 2.19 bits per heavy atom. The summed E-state index contributed by atoms with van der Waals surface area (Å²) in [5.74, 6) is -2.19. The first-order valence-corrected chi connectivity index (χ1v) is 5.07. The maximum Gasteiger partial charge on any atom is 0.238 e. The second-order valence-corrected chi connectivity index (χ2v) is 3.90. The van der Waals surface area contributed by atoms with Gasteiger partial charge >= 0.3 is 0 Å². The Bertz CT molecular complexity index is 483. The first-order valence-electron chi connectivity index (χ1n) is 4.28. The number of carbonyl (C=O) groups excluding carboxylic acids is 1. The number of amides is 1. The molecular formula is C10H7BrF2N2O. The normalized spacial score (nSPS) is 9.69. The van der Waals surface area contributed by atoms with Crippen molar-refractivity contribution in [1.82, 2.24) is 0 Å². The van der Waals surface area contributed by atoms with Crippen LogP contribution in [0.15, 0.2) is 10.5 Å². The molecule has 0 aliphatic carbocycles. The van der Waals surface area contributed by atoms with Gasteiger partial charge in [0.25, 0.3) is 0 Å². The predicted octanol–water partition coefficient (Wildman–Crippen LogP) is 2.89. The van der Waals surface area contributed by atoms with E-state index in [2.05, 4.69) is 21.2 Å². The topological polar surface area (TPSA) is 52.9 Å². The van der Waals surface area contributed by atoms with Crippen LogP contribution in [-0.4, -0.2) is 5.91 Å². The van der Waals surface area contributed by atoms with Crippen LogP contribution >= 0.6 is 15.9 Å². The zero-order valence-electron chi connectivity index (χ0n) is 8.27. The molecule has 0 aliphatic rings. The van der Waals surface area contributed by atoms with E-state index in [1.165, 1.54) is 6.92 Å². The van der Waals surface area contributed by atoms with E-state index in [1.807, 2.05) is 0 Å². The van der Waals surface area contributed by atoms with E-state index in [1.54, 1.807) is 6.07 Å². The molecule has 84 valence electrons. The minimum atomic E-state index is -0.841. The minimum absolute atomic E-state index is 0.0543. The minimum Gasteiger partial charge on any atom is -0.323 e. The molecule has 0 spiro atoms. The van der Waals surface area contributed by atoms with Crippen LogP contribution in [0, 0.1) is 29.9 Å². The number of rotatable bonds is 2. The molecule has 0 unspecified atom stereocenters. The highest BCUT2D eigenvalue weighted by atomic mass is 79.9. The van der Waals surface area contributed by atoms with Crippen LogP contribution in [0.2, 0.25) is 0 Å². The fourth-order valence-corrected chi connectivity index (χ4v) is 1.61. The third-order valence-electron chi connectivity index (χ3n) is 1.89. The molecule has 16 heavy (non-hydrogen) atoms. The van der Waals surface area contributed by atoms with Crippen LogP contribution in [0.5, 0.6) is 0 Å². The van der Waals surface area contributed by atoms with Gasteiger partial charge in [-0.3, -0.25) is 4.79 Å². The van der Waals surface area contributed by atoms with Gasteiger partial charge in [0.15, 0.2) is 5.82 Å².